The summed E-state index contributed by atoms with van der Waals surface area (Å²) in [4.78, 5) is 21.2. The predicted molar refractivity (Wildman–Crippen MR) is 88.4 cm³/mol. The van der Waals surface area contributed by atoms with Crippen molar-refractivity contribution >= 4 is 17.6 Å². The van der Waals surface area contributed by atoms with E-state index in [2.05, 4.69) is 20.4 Å². The summed E-state index contributed by atoms with van der Waals surface area (Å²) in [5.41, 5.74) is 2.79. The Morgan fingerprint density at radius 1 is 1.22 bits per heavy atom. The van der Waals surface area contributed by atoms with Crippen LogP contribution in [0.2, 0.25) is 0 Å². The zero-order chi connectivity index (χ0) is 16.4. The molecule has 0 aliphatic carbocycles. The van der Waals surface area contributed by atoms with Crippen LogP contribution in [0, 0.1) is 13.8 Å². The molecule has 0 saturated carbocycles. The van der Waals surface area contributed by atoms with E-state index < -0.39 is 0 Å². The van der Waals surface area contributed by atoms with Gasteiger partial charge in [-0.1, -0.05) is 37.3 Å². The van der Waals surface area contributed by atoms with Gasteiger partial charge in [-0.2, -0.15) is 9.50 Å². The van der Waals surface area contributed by atoms with Crippen molar-refractivity contribution < 1.29 is 4.79 Å². The van der Waals surface area contributed by atoms with Gasteiger partial charge in [0.15, 0.2) is 0 Å². The molecule has 0 aliphatic heterocycles. The van der Waals surface area contributed by atoms with Crippen LogP contribution >= 0.6 is 0 Å². The largest absolute Gasteiger partial charge is 0.293 e. The second-order valence-electron chi connectivity index (χ2n) is 5.55. The van der Waals surface area contributed by atoms with Crippen LogP contribution < -0.4 is 5.32 Å². The molecule has 2 heterocycles. The Labute approximate surface area is 134 Å². The number of hydrogen-bond donors (Lipinski definition) is 1. The van der Waals surface area contributed by atoms with Crippen molar-refractivity contribution in [2.24, 2.45) is 0 Å². The first kappa shape index (κ1) is 15.1. The third-order valence-corrected chi connectivity index (χ3v) is 3.78. The fourth-order valence-electron chi connectivity index (χ4n) is 2.67. The lowest BCUT2D eigenvalue weighted by Gasteiger charge is -2.13. The number of aryl methyl sites for hydroxylation is 2. The van der Waals surface area contributed by atoms with Gasteiger partial charge in [0, 0.05) is 11.4 Å². The van der Waals surface area contributed by atoms with E-state index in [0.717, 1.165) is 17.0 Å². The van der Waals surface area contributed by atoms with Crippen LogP contribution in [0.1, 0.15) is 36.2 Å². The fourth-order valence-corrected chi connectivity index (χ4v) is 2.67. The van der Waals surface area contributed by atoms with Crippen LogP contribution in [0.15, 0.2) is 36.4 Å². The van der Waals surface area contributed by atoms with Gasteiger partial charge < -0.3 is 0 Å². The molecule has 0 spiro atoms. The van der Waals surface area contributed by atoms with Crippen LogP contribution in [0.5, 0.6) is 0 Å². The quantitative estimate of drug-likeness (QED) is 0.804. The standard InChI is InChI=1S/C17H19N5O/c1-4-14(13-8-6-5-7-9-13)15(23)19-16-20-17-18-11(2)10-12(3)22(17)21-16/h5-10,14H,4H2,1-3H3,(H,19,21,23)/t14-/m0/s1. The van der Waals surface area contributed by atoms with Crippen molar-refractivity contribution in [3.63, 3.8) is 0 Å². The Hall–Kier alpha value is -2.76. The zero-order valence-electron chi connectivity index (χ0n) is 13.4. The molecule has 0 radical (unpaired) electrons. The average molecular weight is 309 g/mol. The number of benzene rings is 1. The molecule has 0 fully saturated rings. The lowest BCUT2D eigenvalue weighted by Crippen LogP contribution is -2.21. The Morgan fingerprint density at radius 2 is 1.96 bits per heavy atom. The number of rotatable bonds is 4. The van der Waals surface area contributed by atoms with Gasteiger partial charge in [0.1, 0.15) is 0 Å². The smallest absolute Gasteiger partial charge is 0.254 e. The lowest BCUT2D eigenvalue weighted by molar-refractivity contribution is -0.117. The van der Waals surface area contributed by atoms with Gasteiger partial charge in [0.05, 0.1) is 5.92 Å². The highest BCUT2D eigenvalue weighted by atomic mass is 16.2. The number of anilines is 1. The van der Waals surface area contributed by atoms with E-state index in [1.54, 1.807) is 4.52 Å². The minimum atomic E-state index is -0.224. The predicted octanol–water partition coefficient (Wildman–Crippen LogP) is 2.87. The number of aromatic nitrogens is 4. The molecule has 0 saturated heterocycles. The molecule has 0 bridgehead atoms. The molecule has 6 nitrogen and oxygen atoms in total. The highest BCUT2D eigenvalue weighted by Gasteiger charge is 2.20. The van der Waals surface area contributed by atoms with Crippen molar-refractivity contribution in [3.05, 3.63) is 53.3 Å². The summed E-state index contributed by atoms with van der Waals surface area (Å²) in [6.07, 6.45) is 0.708. The highest BCUT2D eigenvalue weighted by molar-refractivity contribution is 5.94. The van der Waals surface area contributed by atoms with Crippen LogP contribution in [0.3, 0.4) is 0 Å². The minimum Gasteiger partial charge on any atom is -0.293 e. The number of amides is 1. The summed E-state index contributed by atoms with van der Waals surface area (Å²) in [5, 5.41) is 7.12. The molecule has 1 aromatic carbocycles. The van der Waals surface area contributed by atoms with Gasteiger partial charge in [0.2, 0.25) is 5.91 Å². The number of hydrogen-bond acceptors (Lipinski definition) is 4. The molecule has 3 aromatic rings. The summed E-state index contributed by atoms with van der Waals surface area (Å²) >= 11 is 0. The lowest BCUT2D eigenvalue weighted by atomic mass is 9.96. The first-order chi connectivity index (χ1) is 11.1. The van der Waals surface area contributed by atoms with Crippen molar-refractivity contribution in [2.75, 3.05) is 5.32 Å². The summed E-state index contributed by atoms with van der Waals surface area (Å²) < 4.78 is 1.63. The molecular weight excluding hydrogens is 290 g/mol. The van der Waals surface area contributed by atoms with E-state index in [9.17, 15) is 4.79 Å². The average Bonchev–Trinajstić information content (AvgIpc) is 2.91. The third-order valence-electron chi connectivity index (χ3n) is 3.78. The summed E-state index contributed by atoms with van der Waals surface area (Å²) in [6, 6.07) is 11.6. The maximum atomic E-state index is 12.6. The zero-order valence-corrected chi connectivity index (χ0v) is 13.4. The van der Waals surface area contributed by atoms with Crippen molar-refractivity contribution in [1.82, 2.24) is 19.6 Å². The van der Waals surface area contributed by atoms with Crippen LogP contribution in [0.4, 0.5) is 5.95 Å². The topological polar surface area (TPSA) is 72.2 Å². The van der Waals surface area contributed by atoms with Crippen LogP contribution in [0.25, 0.3) is 5.78 Å². The highest BCUT2D eigenvalue weighted by Crippen LogP contribution is 2.21. The molecule has 6 heteroatoms. The first-order valence-corrected chi connectivity index (χ1v) is 7.65. The molecule has 1 N–H and O–H groups in total. The van der Waals surface area contributed by atoms with Crippen LogP contribution in [-0.2, 0) is 4.79 Å². The number of nitrogens with one attached hydrogen (secondary N) is 1. The normalized spacial score (nSPS) is 12.3. The van der Waals surface area contributed by atoms with Gasteiger partial charge >= 0.3 is 0 Å². The molecular formula is C17H19N5O. The van der Waals surface area contributed by atoms with Gasteiger partial charge in [-0.25, -0.2) is 4.98 Å². The van der Waals surface area contributed by atoms with Gasteiger partial charge in [0.25, 0.3) is 11.7 Å². The number of nitrogens with zero attached hydrogens (tertiary/aromatic N) is 4. The third kappa shape index (κ3) is 3.06. The SMILES string of the molecule is CC[C@H](C(=O)Nc1nc2nc(C)cc(C)n2n1)c1ccccc1. The molecule has 1 amide bonds. The Bertz CT molecular complexity index is 841. The number of fused-ring (bicyclic) bond motifs is 1. The maximum Gasteiger partial charge on any atom is 0.254 e. The first-order valence-electron chi connectivity index (χ1n) is 7.65. The minimum absolute atomic E-state index is 0.107. The van der Waals surface area contributed by atoms with E-state index in [4.69, 9.17) is 0 Å². The van der Waals surface area contributed by atoms with Crippen molar-refractivity contribution in [2.45, 2.75) is 33.1 Å². The second kappa shape index (κ2) is 6.16. The second-order valence-corrected chi connectivity index (χ2v) is 5.55. The van der Waals surface area contributed by atoms with Gasteiger partial charge in [-0.3, -0.25) is 10.1 Å². The van der Waals surface area contributed by atoms with E-state index in [-0.39, 0.29) is 17.8 Å². The van der Waals surface area contributed by atoms with Crippen LogP contribution in [-0.4, -0.2) is 25.5 Å². The maximum absolute atomic E-state index is 12.6. The monoisotopic (exact) mass is 309 g/mol. The summed E-state index contributed by atoms with van der Waals surface area (Å²) in [6.45, 7) is 5.83. The molecule has 2 aromatic heterocycles. The number of carbonyl (C=O) groups excluding carboxylic acids is 1. The summed E-state index contributed by atoms with van der Waals surface area (Å²) in [5.74, 6) is 0.443. The van der Waals surface area contributed by atoms with E-state index in [0.29, 0.717) is 12.2 Å². The molecule has 1 atom stereocenters. The Balaban J connectivity index is 1.86. The van der Waals surface area contributed by atoms with E-state index >= 15 is 0 Å². The van der Waals surface area contributed by atoms with E-state index in [1.165, 1.54) is 0 Å². The molecule has 118 valence electrons. The van der Waals surface area contributed by atoms with Crippen molar-refractivity contribution in [3.8, 4) is 0 Å². The molecule has 23 heavy (non-hydrogen) atoms. The summed E-state index contributed by atoms with van der Waals surface area (Å²) in [7, 11) is 0. The van der Waals surface area contributed by atoms with E-state index in [1.807, 2.05) is 57.2 Å². The van der Waals surface area contributed by atoms with Gasteiger partial charge in [-0.15, -0.1) is 5.10 Å². The number of carbonyl (C=O) groups is 1. The molecule has 0 aliphatic rings. The molecule has 3 rings (SSSR count). The van der Waals surface area contributed by atoms with Crippen molar-refractivity contribution in [1.29, 1.82) is 0 Å². The Kier molecular flexibility index (Phi) is 4.06. The van der Waals surface area contributed by atoms with Gasteiger partial charge in [-0.05, 0) is 31.9 Å². The Morgan fingerprint density at radius 3 is 2.65 bits per heavy atom. The fraction of sp³-hybridized carbons (Fsp3) is 0.294. The molecule has 0 unspecified atom stereocenters.